The van der Waals surface area contributed by atoms with Crippen molar-refractivity contribution >= 4 is 33.4 Å². The summed E-state index contributed by atoms with van der Waals surface area (Å²) in [5.74, 6) is 8.45. The predicted molar refractivity (Wildman–Crippen MR) is 156 cm³/mol. The first-order chi connectivity index (χ1) is 18.6. The highest BCUT2D eigenvalue weighted by atomic mass is 35.5. The van der Waals surface area contributed by atoms with E-state index in [0.29, 0.717) is 34.1 Å². The number of ether oxygens (including phenoxy) is 1. The lowest BCUT2D eigenvalue weighted by Gasteiger charge is -2.19. The lowest BCUT2D eigenvalue weighted by molar-refractivity contribution is 0.287. The van der Waals surface area contributed by atoms with Crippen LogP contribution < -0.4 is 15.3 Å². The van der Waals surface area contributed by atoms with Crippen molar-refractivity contribution in [1.82, 2.24) is 19.6 Å². The van der Waals surface area contributed by atoms with Gasteiger partial charge in [0.2, 0.25) is 15.2 Å². The standard InChI is InChI=1S/C28H32ClN5O3S2/c1-19(2)24-14-9-20(3)17-26(24)37-18-27-31-32-28(34(27)30)38-16-15-25(21-7-5-4-6-8-21)33-39(35,36)23-12-10-22(29)11-13-23/h4-14,17,19,25,33H,15-16,18,30H2,1-3H3/t25-/m0/s1. The van der Waals surface area contributed by atoms with Gasteiger partial charge < -0.3 is 10.6 Å². The number of thioether (sulfide) groups is 1. The molecule has 1 heterocycles. The van der Waals surface area contributed by atoms with Crippen molar-refractivity contribution in [3.8, 4) is 5.75 Å². The number of nitrogens with one attached hydrogen (secondary N) is 1. The molecule has 0 aliphatic heterocycles. The molecule has 0 amide bonds. The van der Waals surface area contributed by atoms with Crippen LogP contribution in [-0.4, -0.2) is 29.0 Å². The fourth-order valence-corrected chi connectivity index (χ4v) is 6.27. The quantitative estimate of drug-likeness (QED) is 0.158. The van der Waals surface area contributed by atoms with Gasteiger partial charge in [0, 0.05) is 16.8 Å². The van der Waals surface area contributed by atoms with Gasteiger partial charge in [-0.15, -0.1) is 10.2 Å². The molecule has 3 N–H and O–H groups in total. The molecule has 0 spiro atoms. The highest BCUT2D eigenvalue weighted by Crippen LogP contribution is 2.29. The van der Waals surface area contributed by atoms with Crippen LogP contribution >= 0.6 is 23.4 Å². The summed E-state index contributed by atoms with van der Waals surface area (Å²) in [6, 6.07) is 21.3. The summed E-state index contributed by atoms with van der Waals surface area (Å²) in [5, 5.41) is 9.43. The lowest BCUT2D eigenvalue weighted by Crippen LogP contribution is -2.29. The molecule has 3 aromatic carbocycles. The molecule has 206 valence electrons. The van der Waals surface area contributed by atoms with Crippen LogP contribution in [0.25, 0.3) is 0 Å². The molecule has 11 heteroatoms. The lowest BCUT2D eigenvalue weighted by atomic mass is 10.0. The molecule has 1 atom stereocenters. The topological polar surface area (TPSA) is 112 Å². The molecule has 0 fully saturated rings. The summed E-state index contributed by atoms with van der Waals surface area (Å²) < 4.78 is 36.5. The van der Waals surface area contributed by atoms with E-state index in [0.717, 1.165) is 22.4 Å². The Morgan fingerprint density at radius 2 is 1.77 bits per heavy atom. The predicted octanol–water partition coefficient (Wildman–Crippen LogP) is 5.86. The van der Waals surface area contributed by atoms with E-state index >= 15 is 0 Å². The Morgan fingerprint density at radius 1 is 1.05 bits per heavy atom. The zero-order valence-corrected chi connectivity index (χ0v) is 24.4. The zero-order valence-electron chi connectivity index (χ0n) is 22.0. The Kier molecular flexibility index (Phi) is 9.55. The van der Waals surface area contributed by atoms with Crippen molar-refractivity contribution in [1.29, 1.82) is 0 Å². The molecule has 0 unspecified atom stereocenters. The van der Waals surface area contributed by atoms with E-state index in [1.807, 2.05) is 43.3 Å². The number of nitrogens with two attached hydrogens (primary N) is 1. The first-order valence-electron chi connectivity index (χ1n) is 12.5. The van der Waals surface area contributed by atoms with E-state index in [2.05, 4.69) is 40.9 Å². The normalized spacial score (nSPS) is 12.5. The van der Waals surface area contributed by atoms with Gasteiger partial charge in [0.25, 0.3) is 0 Å². The van der Waals surface area contributed by atoms with Crippen molar-refractivity contribution in [3.63, 3.8) is 0 Å². The molecule has 0 aliphatic carbocycles. The highest BCUT2D eigenvalue weighted by molar-refractivity contribution is 7.99. The fraction of sp³-hybridized carbons (Fsp3) is 0.286. The number of aromatic nitrogens is 3. The summed E-state index contributed by atoms with van der Waals surface area (Å²) in [4.78, 5) is 0.154. The molecule has 0 bridgehead atoms. The van der Waals surface area contributed by atoms with Gasteiger partial charge in [0.1, 0.15) is 12.4 Å². The van der Waals surface area contributed by atoms with Gasteiger partial charge in [-0.25, -0.2) is 17.8 Å². The maximum absolute atomic E-state index is 13.1. The summed E-state index contributed by atoms with van der Waals surface area (Å²) in [7, 11) is -3.76. The van der Waals surface area contributed by atoms with E-state index in [1.54, 1.807) is 12.1 Å². The van der Waals surface area contributed by atoms with Gasteiger partial charge in [-0.2, -0.15) is 0 Å². The number of nitrogen functional groups attached to an aromatic ring is 1. The molecule has 4 rings (SSSR count). The van der Waals surface area contributed by atoms with E-state index in [-0.39, 0.29) is 11.5 Å². The maximum Gasteiger partial charge on any atom is 0.241 e. The second-order valence-corrected chi connectivity index (χ2v) is 12.6. The number of benzene rings is 3. The van der Waals surface area contributed by atoms with Gasteiger partial charge in [0.15, 0.2) is 5.82 Å². The summed E-state index contributed by atoms with van der Waals surface area (Å²) in [6.07, 6.45) is 0.501. The molecule has 0 saturated heterocycles. The Labute approximate surface area is 239 Å². The minimum atomic E-state index is -3.76. The molecule has 0 radical (unpaired) electrons. The number of hydrogen-bond donors (Lipinski definition) is 2. The number of sulfonamides is 1. The average Bonchev–Trinajstić information content (AvgIpc) is 3.26. The third-order valence-electron chi connectivity index (χ3n) is 6.14. The largest absolute Gasteiger partial charge is 0.485 e. The smallest absolute Gasteiger partial charge is 0.241 e. The minimum Gasteiger partial charge on any atom is -0.485 e. The van der Waals surface area contributed by atoms with E-state index in [9.17, 15) is 8.42 Å². The summed E-state index contributed by atoms with van der Waals surface area (Å²) in [5.41, 5.74) is 3.09. The molecule has 8 nitrogen and oxygen atoms in total. The van der Waals surface area contributed by atoms with Crippen LogP contribution in [0.3, 0.4) is 0 Å². The summed E-state index contributed by atoms with van der Waals surface area (Å²) in [6.45, 7) is 6.45. The molecule has 1 aromatic heterocycles. The molecule has 4 aromatic rings. The van der Waals surface area contributed by atoms with Gasteiger partial charge >= 0.3 is 0 Å². The average molecular weight is 586 g/mol. The highest BCUT2D eigenvalue weighted by Gasteiger charge is 2.22. The van der Waals surface area contributed by atoms with Crippen LogP contribution in [0.1, 0.15) is 54.7 Å². The number of nitrogens with zero attached hydrogens (tertiary/aromatic N) is 3. The van der Waals surface area contributed by atoms with Crippen LogP contribution in [0, 0.1) is 6.92 Å². The van der Waals surface area contributed by atoms with Crippen molar-refractivity contribution in [3.05, 3.63) is 100 Å². The van der Waals surface area contributed by atoms with Gasteiger partial charge in [-0.3, -0.25) is 0 Å². The zero-order chi connectivity index (χ0) is 28.0. The minimum absolute atomic E-state index is 0.154. The molecule has 0 saturated carbocycles. The van der Waals surface area contributed by atoms with Crippen LogP contribution in [0.5, 0.6) is 5.75 Å². The van der Waals surface area contributed by atoms with Gasteiger partial charge in [-0.05, 0) is 66.3 Å². The van der Waals surface area contributed by atoms with Crippen LogP contribution in [-0.2, 0) is 16.6 Å². The third-order valence-corrected chi connectivity index (χ3v) is 8.86. The first-order valence-corrected chi connectivity index (χ1v) is 15.4. The SMILES string of the molecule is Cc1ccc(C(C)C)c(OCc2nnc(SCC[C@H](NS(=O)(=O)c3ccc(Cl)cc3)c3ccccc3)n2N)c1. The van der Waals surface area contributed by atoms with Crippen LogP contribution in [0.15, 0.2) is 82.8 Å². The second kappa shape index (κ2) is 12.9. The van der Waals surface area contributed by atoms with Crippen molar-refractivity contribution in [2.24, 2.45) is 0 Å². The third kappa shape index (κ3) is 7.54. The van der Waals surface area contributed by atoms with Gasteiger partial charge in [-0.1, -0.05) is 79.7 Å². The Morgan fingerprint density at radius 3 is 2.46 bits per heavy atom. The van der Waals surface area contributed by atoms with Crippen molar-refractivity contribution in [2.45, 2.75) is 55.8 Å². The summed E-state index contributed by atoms with van der Waals surface area (Å²) >= 11 is 7.34. The van der Waals surface area contributed by atoms with E-state index in [4.69, 9.17) is 22.2 Å². The van der Waals surface area contributed by atoms with Crippen molar-refractivity contribution in [2.75, 3.05) is 11.6 Å². The number of rotatable bonds is 12. The van der Waals surface area contributed by atoms with Crippen LogP contribution in [0.2, 0.25) is 5.02 Å². The number of aryl methyl sites for hydroxylation is 1. The van der Waals surface area contributed by atoms with Crippen molar-refractivity contribution < 1.29 is 13.2 Å². The first kappa shape index (κ1) is 28.9. The second-order valence-electron chi connectivity index (χ2n) is 9.43. The van der Waals surface area contributed by atoms with Gasteiger partial charge in [0.05, 0.1) is 4.90 Å². The molecule has 39 heavy (non-hydrogen) atoms. The Bertz CT molecular complexity index is 1490. The van der Waals surface area contributed by atoms with E-state index in [1.165, 1.54) is 28.6 Å². The Hall–Kier alpha value is -3.05. The number of hydrogen-bond acceptors (Lipinski definition) is 7. The molecular weight excluding hydrogens is 554 g/mol. The maximum atomic E-state index is 13.1. The number of halogens is 1. The molecule has 0 aliphatic rings. The van der Waals surface area contributed by atoms with Crippen LogP contribution in [0.4, 0.5) is 0 Å². The molecular formula is C28H32ClN5O3S2. The fourth-order valence-electron chi connectivity index (χ4n) is 4.01. The monoisotopic (exact) mass is 585 g/mol. The van der Waals surface area contributed by atoms with E-state index < -0.39 is 16.1 Å². The Balaban J connectivity index is 1.42.